The van der Waals surface area contributed by atoms with Crippen molar-refractivity contribution in [3.63, 3.8) is 0 Å². The molecule has 0 saturated carbocycles. The summed E-state index contributed by atoms with van der Waals surface area (Å²) < 4.78 is 34.1. The van der Waals surface area contributed by atoms with Crippen LogP contribution in [-0.2, 0) is 14.8 Å². The summed E-state index contributed by atoms with van der Waals surface area (Å²) in [6.07, 6.45) is 1.61. The maximum atomic E-state index is 14.4. The molecular formula is C33H30ClN3O6S. The number of rotatable bonds is 8. The minimum absolute atomic E-state index is 0.0356. The predicted molar refractivity (Wildman–Crippen MR) is 168 cm³/mol. The van der Waals surface area contributed by atoms with Crippen LogP contribution < -0.4 is 9.64 Å². The minimum atomic E-state index is -4.02. The van der Waals surface area contributed by atoms with Crippen LogP contribution in [-0.4, -0.2) is 68.1 Å². The number of carbonyl (C=O) groups is 3. The van der Waals surface area contributed by atoms with Crippen molar-refractivity contribution in [2.24, 2.45) is 0 Å². The molecular weight excluding hydrogens is 602 g/mol. The number of amides is 3. The molecule has 0 aromatic heterocycles. The highest BCUT2D eigenvalue weighted by Gasteiger charge is 2.40. The first-order chi connectivity index (χ1) is 21.2. The second kappa shape index (κ2) is 12.0. The Morgan fingerprint density at radius 2 is 1.55 bits per heavy atom. The Labute approximate surface area is 260 Å². The van der Waals surface area contributed by atoms with Crippen molar-refractivity contribution in [1.29, 1.82) is 0 Å². The second-order valence-corrected chi connectivity index (χ2v) is 13.1. The van der Waals surface area contributed by atoms with Gasteiger partial charge in [0, 0.05) is 46.9 Å². The fourth-order valence-corrected chi connectivity index (χ4v) is 7.75. The van der Waals surface area contributed by atoms with E-state index >= 15 is 0 Å². The van der Waals surface area contributed by atoms with E-state index in [1.165, 1.54) is 40.6 Å². The summed E-state index contributed by atoms with van der Waals surface area (Å²) in [5, 5.41) is 1.83. The average Bonchev–Trinajstić information content (AvgIpc) is 3.05. The SMILES string of the molecule is COc1ccc(N(CCN2C(=O)c3cccc4cccc(c34)C2=O)C(=O)C2CCCCN2S(=O)(=O)c2ccc(Cl)cc2)cc1. The van der Waals surface area contributed by atoms with Gasteiger partial charge in [-0.2, -0.15) is 4.31 Å². The number of sulfonamides is 1. The quantitative estimate of drug-likeness (QED) is 0.242. The molecule has 4 aromatic carbocycles. The molecule has 1 atom stereocenters. The normalized spacial score (nSPS) is 17.1. The third-order valence-electron chi connectivity index (χ3n) is 8.21. The predicted octanol–water partition coefficient (Wildman–Crippen LogP) is 5.37. The maximum absolute atomic E-state index is 14.4. The number of anilines is 1. The van der Waals surface area contributed by atoms with E-state index in [2.05, 4.69) is 0 Å². The molecule has 1 unspecified atom stereocenters. The van der Waals surface area contributed by atoms with Gasteiger partial charge >= 0.3 is 0 Å². The second-order valence-electron chi connectivity index (χ2n) is 10.7. The summed E-state index contributed by atoms with van der Waals surface area (Å²) in [5.41, 5.74) is 1.34. The third-order valence-corrected chi connectivity index (χ3v) is 10.4. The van der Waals surface area contributed by atoms with E-state index in [0.29, 0.717) is 52.2 Å². The maximum Gasteiger partial charge on any atom is 0.261 e. The summed E-state index contributed by atoms with van der Waals surface area (Å²) in [4.78, 5) is 44.2. The number of hydrogen-bond donors (Lipinski definition) is 0. The van der Waals surface area contributed by atoms with Crippen LogP contribution in [0.3, 0.4) is 0 Å². The number of hydrogen-bond acceptors (Lipinski definition) is 6. The number of benzene rings is 4. The molecule has 2 heterocycles. The Morgan fingerprint density at radius 3 is 2.16 bits per heavy atom. The first-order valence-corrected chi connectivity index (χ1v) is 16.1. The number of halogens is 1. The van der Waals surface area contributed by atoms with E-state index in [1.54, 1.807) is 48.5 Å². The highest BCUT2D eigenvalue weighted by Crippen LogP contribution is 2.32. The molecule has 2 aliphatic heterocycles. The lowest BCUT2D eigenvalue weighted by Gasteiger charge is -2.37. The van der Waals surface area contributed by atoms with Crippen LogP contribution in [0.5, 0.6) is 5.75 Å². The number of nitrogens with zero attached hydrogens (tertiary/aromatic N) is 3. The molecule has 0 aliphatic carbocycles. The minimum Gasteiger partial charge on any atom is -0.497 e. The van der Waals surface area contributed by atoms with Gasteiger partial charge in [-0.3, -0.25) is 19.3 Å². The van der Waals surface area contributed by atoms with Crippen LogP contribution >= 0.6 is 11.6 Å². The van der Waals surface area contributed by atoms with E-state index in [4.69, 9.17) is 16.3 Å². The highest BCUT2D eigenvalue weighted by atomic mass is 35.5. The van der Waals surface area contributed by atoms with Crippen molar-refractivity contribution in [3.05, 3.63) is 101 Å². The van der Waals surface area contributed by atoms with Crippen LogP contribution in [0.2, 0.25) is 5.02 Å². The molecule has 226 valence electrons. The molecule has 3 amide bonds. The van der Waals surface area contributed by atoms with Crippen LogP contribution in [0.25, 0.3) is 10.8 Å². The highest BCUT2D eigenvalue weighted by molar-refractivity contribution is 7.89. The van der Waals surface area contributed by atoms with Crippen molar-refractivity contribution < 1.29 is 27.5 Å². The fourth-order valence-electron chi connectivity index (χ4n) is 5.97. The lowest BCUT2D eigenvalue weighted by Crippen LogP contribution is -2.54. The lowest BCUT2D eigenvalue weighted by atomic mass is 9.94. The van der Waals surface area contributed by atoms with Gasteiger partial charge in [0.25, 0.3) is 11.8 Å². The monoisotopic (exact) mass is 631 g/mol. The van der Waals surface area contributed by atoms with Crippen molar-refractivity contribution in [3.8, 4) is 5.75 Å². The Morgan fingerprint density at radius 1 is 0.909 bits per heavy atom. The zero-order valence-electron chi connectivity index (χ0n) is 24.0. The summed E-state index contributed by atoms with van der Waals surface area (Å²) >= 11 is 6.00. The number of imide groups is 1. The van der Waals surface area contributed by atoms with E-state index < -0.39 is 33.8 Å². The zero-order chi connectivity index (χ0) is 31.0. The molecule has 0 spiro atoms. The van der Waals surface area contributed by atoms with Crippen molar-refractivity contribution >= 4 is 55.8 Å². The van der Waals surface area contributed by atoms with Gasteiger partial charge in [0.15, 0.2) is 0 Å². The van der Waals surface area contributed by atoms with Crippen LogP contribution in [0.4, 0.5) is 5.69 Å². The average molecular weight is 632 g/mol. The molecule has 11 heteroatoms. The molecule has 9 nitrogen and oxygen atoms in total. The summed E-state index contributed by atoms with van der Waals surface area (Å²) in [6, 6.07) is 22.4. The molecule has 4 aromatic rings. The summed E-state index contributed by atoms with van der Waals surface area (Å²) in [7, 11) is -2.49. The largest absolute Gasteiger partial charge is 0.497 e. The van der Waals surface area contributed by atoms with Gasteiger partial charge in [-0.15, -0.1) is 0 Å². The topological polar surface area (TPSA) is 104 Å². The van der Waals surface area contributed by atoms with Gasteiger partial charge in [0.1, 0.15) is 11.8 Å². The van der Waals surface area contributed by atoms with E-state index in [-0.39, 0.29) is 24.5 Å². The van der Waals surface area contributed by atoms with E-state index in [1.807, 2.05) is 12.1 Å². The Balaban J connectivity index is 1.32. The summed E-state index contributed by atoms with van der Waals surface area (Å²) in [5.74, 6) is -0.735. The van der Waals surface area contributed by atoms with Gasteiger partial charge in [0.2, 0.25) is 15.9 Å². The van der Waals surface area contributed by atoms with E-state index in [0.717, 1.165) is 10.3 Å². The van der Waals surface area contributed by atoms with Gasteiger partial charge in [0.05, 0.1) is 12.0 Å². The first-order valence-electron chi connectivity index (χ1n) is 14.3. The number of carbonyl (C=O) groups excluding carboxylic acids is 3. The van der Waals surface area contributed by atoms with Crippen molar-refractivity contribution in [1.82, 2.24) is 9.21 Å². The molecule has 44 heavy (non-hydrogen) atoms. The van der Waals surface area contributed by atoms with Crippen molar-refractivity contribution in [2.75, 3.05) is 31.6 Å². The molecule has 6 rings (SSSR count). The smallest absolute Gasteiger partial charge is 0.261 e. The Kier molecular flexibility index (Phi) is 8.15. The molecule has 1 saturated heterocycles. The molecule has 1 fully saturated rings. The van der Waals surface area contributed by atoms with E-state index in [9.17, 15) is 22.8 Å². The first kappa shape index (κ1) is 29.8. The lowest BCUT2D eigenvalue weighted by molar-refractivity contribution is -0.123. The molecule has 2 aliphatic rings. The van der Waals surface area contributed by atoms with Crippen LogP contribution in [0, 0.1) is 0 Å². The van der Waals surface area contributed by atoms with Crippen LogP contribution in [0.15, 0.2) is 89.8 Å². The third kappa shape index (κ3) is 5.34. The van der Waals surface area contributed by atoms with Gasteiger partial charge < -0.3 is 9.64 Å². The summed E-state index contributed by atoms with van der Waals surface area (Å²) in [6.45, 7) is 0.0602. The van der Waals surface area contributed by atoms with Crippen LogP contribution in [0.1, 0.15) is 40.0 Å². The molecule has 0 radical (unpaired) electrons. The number of methoxy groups -OCH3 is 1. The standard InChI is InChI=1S/C33H30ClN3O6S/c1-43-25-15-13-24(14-16-25)35(20-21-36-31(38)27-8-4-6-22-7-5-9-28(30(22)27)32(36)39)33(40)29-10-2-3-19-37(29)44(41,42)26-17-11-23(34)12-18-26/h4-9,11-18,29H,2-3,10,19-21H2,1H3. The fraction of sp³-hybridized carbons (Fsp3) is 0.242. The van der Waals surface area contributed by atoms with Gasteiger partial charge in [-0.25, -0.2) is 8.42 Å². The van der Waals surface area contributed by atoms with Gasteiger partial charge in [-0.1, -0.05) is 42.3 Å². The molecule has 0 N–H and O–H groups in total. The number of ether oxygens (including phenoxy) is 1. The van der Waals surface area contributed by atoms with Crippen molar-refractivity contribution in [2.45, 2.75) is 30.2 Å². The number of piperidine rings is 1. The Bertz CT molecular complexity index is 1810. The molecule has 0 bridgehead atoms. The van der Waals surface area contributed by atoms with Gasteiger partial charge in [-0.05, 0) is 78.9 Å². The Hall–Kier alpha value is -4.25. The zero-order valence-corrected chi connectivity index (χ0v) is 25.6.